The SMILES string of the molecule is Cc1ccccc1CN1CCCC(C(=O)NCCCn2ccnc2)C1. The van der Waals surface area contributed by atoms with Crippen LogP contribution in [0.3, 0.4) is 0 Å². The highest BCUT2D eigenvalue weighted by Crippen LogP contribution is 2.20. The van der Waals surface area contributed by atoms with Crippen LogP contribution in [0.5, 0.6) is 0 Å². The maximum Gasteiger partial charge on any atom is 0.224 e. The van der Waals surface area contributed by atoms with Gasteiger partial charge in [-0.3, -0.25) is 9.69 Å². The van der Waals surface area contributed by atoms with Gasteiger partial charge < -0.3 is 9.88 Å². The molecule has 0 bridgehead atoms. The lowest BCUT2D eigenvalue weighted by atomic mass is 9.96. The topological polar surface area (TPSA) is 50.2 Å². The number of carbonyl (C=O) groups excluding carboxylic acids is 1. The first-order valence-corrected chi connectivity index (χ1v) is 9.22. The molecule has 1 aliphatic rings. The number of hydrogen-bond acceptors (Lipinski definition) is 3. The van der Waals surface area contributed by atoms with Crippen LogP contribution in [-0.2, 0) is 17.9 Å². The van der Waals surface area contributed by atoms with E-state index in [1.807, 2.05) is 17.1 Å². The zero-order valence-electron chi connectivity index (χ0n) is 15.0. The summed E-state index contributed by atoms with van der Waals surface area (Å²) in [7, 11) is 0. The van der Waals surface area contributed by atoms with Gasteiger partial charge in [-0.25, -0.2) is 4.98 Å². The number of piperidine rings is 1. The van der Waals surface area contributed by atoms with Crippen molar-refractivity contribution in [2.45, 2.75) is 39.3 Å². The Kier molecular flexibility index (Phi) is 6.23. The number of hydrogen-bond donors (Lipinski definition) is 1. The molecule has 1 amide bonds. The van der Waals surface area contributed by atoms with Crippen molar-refractivity contribution >= 4 is 5.91 Å². The van der Waals surface area contributed by atoms with Gasteiger partial charge in [0.15, 0.2) is 0 Å². The number of carbonyl (C=O) groups is 1. The van der Waals surface area contributed by atoms with E-state index in [2.05, 4.69) is 46.4 Å². The first-order valence-electron chi connectivity index (χ1n) is 9.22. The fourth-order valence-electron chi connectivity index (χ4n) is 3.48. The van der Waals surface area contributed by atoms with Gasteiger partial charge in [0.2, 0.25) is 5.91 Å². The Hall–Kier alpha value is -2.14. The Morgan fingerprint density at radius 2 is 2.24 bits per heavy atom. The van der Waals surface area contributed by atoms with E-state index in [4.69, 9.17) is 0 Å². The monoisotopic (exact) mass is 340 g/mol. The molecule has 0 spiro atoms. The standard InChI is InChI=1S/C20H28N4O/c1-17-6-2-3-7-18(17)14-24-11-4-8-19(15-24)20(25)22-9-5-12-23-13-10-21-16-23/h2-3,6-7,10,13,16,19H,4-5,8-9,11-12,14-15H2,1H3,(H,22,25). The van der Waals surface area contributed by atoms with Crippen LogP contribution < -0.4 is 5.32 Å². The number of nitrogens with one attached hydrogen (secondary N) is 1. The van der Waals surface area contributed by atoms with E-state index >= 15 is 0 Å². The van der Waals surface area contributed by atoms with Crippen molar-refractivity contribution in [2.24, 2.45) is 5.92 Å². The molecule has 1 aromatic carbocycles. The first-order chi connectivity index (χ1) is 12.2. The number of imidazole rings is 1. The molecule has 2 aromatic rings. The second-order valence-electron chi connectivity index (χ2n) is 6.95. The van der Waals surface area contributed by atoms with Gasteiger partial charge >= 0.3 is 0 Å². The van der Waals surface area contributed by atoms with E-state index < -0.39 is 0 Å². The Labute approximate surface area is 150 Å². The highest BCUT2D eigenvalue weighted by atomic mass is 16.1. The number of likely N-dealkylation sites (tertiary alicyclic amines) is 1. The lowest BCUT2D eigenvalue weighted by Crippen LogP contribution is -2.43. The average Bonchev–Trinajstić information content (AvgIpc) is 3.14. The van der Waals surface area contributed by atoms with Crippen molar-refractivity contribution in [2.75, 3.05) is 19.6 Å². The Morgan fingerprint density at radius 3 is 3.04 bits per heavy atom. The number of aromatic nitrogens is 2. The van der Waals surface area contributed by atoms with Crippen molar-refractivity contribution in [1.82, 2.24) is 19.8 Å². The molecule has 0 radical (unpaired) electrons. The summed E-state index contributed by atoms with van der Waals surface area (Å²) in [6, 6.07) is 8.52. The van der Waals surface area contributed by atoms with E-state index in [0.29, 0.717) is 0 Å². The summed E-state index contributed by atoms with van der Waals surface area (Å²) < 4.78 is 2.04. The quantitative estimate of drug-likeness (QED) is 0.788. The molecule has 1 aliphatic heterocycles. The second kappa shape index (κ2) is 8.81. The fourth-order valence-corrected chi connectivity index (χ4v) is 3.48. The lowest BCUT2D eigenvalue weighted by Gasteiger charge is -2.32. The molecular weight excluding hydrogens is 312 g/mol. The number of amides is 1. The van der Waals surface area contributed by atoms with Gasteiger partial charge in [-0.15, -0.1) is 0 Å². The summed E-state index contributed by atoms with van der Waals surface area (Å²) >= 11 is 0. The lowest BCUT2D eigenvalue weighted by molar-refractivity contribution is -0.126. The molecule has 1 fully saturated rings. The number of rotatable bonds is 7. The maximum atomic E-state index is 12.5. The smallest absolute Gasteiger partial charge is 0.224 e. The summed E-state index contributed by atoms with van der Waals surface area (Å²) in [5, 5.41) is 3.11. The normalized spacial score (nSPS) is 18.2. The van der Waals surface area contributed by atoms with E-state index in [9.17, 15) is 4.79 Å². The Balaban J connectivity index is 1.42. The zero-order chi connectivity index (χ0) is 17.5. The Morgan fingerprint density at radius 1 is 1.36 bits per heavy atom. The molecule has 134 valence electrons. The minimum Gasteiger partial charge on any atom is -0.356 e. The van der Waals surface area contributed by atoms with E-state index in [1.54, 1.807) is 6.20 Å². The number of benzene rings is 1. The van der Waals surface area contributed by atoms with Gasteiger partial charge in [0, 0.05) is 38.6 Å². The molecular formula is C20H28N4O. The third kappa shape index (κ3) is 5.16. The summed E-state index contributed by atoms with van der Waals surface area (Å²) in [6.45, 7) is 6.66. The maximum absolute atomic E-state index is 12.5. The van der Waals surface area contributed by atoms with Crippen LogP contribution in [0.1, 0.15) is 30.4 Å². The van der Waals surface area contributed by atoms with Gasteiger partial charge in [0.05, 0.1) is 12.2 Å². The predicted molar refractivity (Wildman–Crippen MR) is 99.0 cm³/mol. The summed E-state index contributed by atoms with van der Waals surface area (Å²) in [5.74, 6) is 0.325. The molecule has 25 heavy (non-hydrogen) atoms. The van der Waals surface area contributed by atoms with Crippen molar-refractivity contribution < 1.29 is 4.79 Å². The average molecular weight is 340 g/mol. The van der Waals surface area contributed by atoms with Crippen molar-refractivity contribution in [1.29, 1.82) is 0 Å². The van der Waals surface area contributed by atoms with Crippen LogP contribution in [0.25, 0.3) is 0 Å². The van der Waals surface area contributed by atoms with Crippen LogP contribution in [0.4, 0.5) is 0 Å². The van der Waals surface area contributed by atoms with Gasteiger partial charge in [-0.2, -0.15) is 0 Å². The third-order valence-corrected chi connectivity index (χ3v) is 4.98. The van der Waals surface area contributed by atoms with Gasteiger partial charge in [0.25, 0.3) is 0 Å². The van der Waals surface area contributed by atoms with Crippen LogP contribution >= 0.6 is 0 Å². The van der Waals surface area contributed by atoms with Crippen molar-refractivity contribution in [3.05, 3.63) is 54.1 Å². The van der Waals surface area contributed by atoms with Gasteiger partial charge in [-0.1, -0.05) is 24.3 Å². The molecule has 0 aliphatic carbocycles. The molecule has 1 aromatic heterocycles. The molecule has 3 rings (SSSR count). The second-order valence-corrected chi connectivity index (χ2v) is 6.95. The highest BCUT2D eigenvalue weighted by Gasteiger charge is 2.25. The molecule has 1 saturated heterocycles. The van der Waals surface area contributed by atoms with E-state index in [-0.39, 0.29) is 11.8 Å². The highest BCUT2D eigenvalue weighted by molar-refractivity contribution is 5.78. The summed E-state index contributed by atoms with van der Waals surface area (Å²) in [6.07, 6.45) is 8.57. The van der Waals surface area contributed by atoms with Crippen LogP contribution in [0, 0.1) is 12.8 Å². The van der Waals surface area contributed by atoms with Crippen LogP contribution in [0.15, 0.2) is 43.0 Å². The molecule has 2 heterocycles. The molecule has 1 unspecified atom stereocenters. The zero-order valence-corrected chi connectivity index (χ0v) is 15.0. The minimum atomic E-state index is 0.117. The van der Waals surface area contributed by atoms with E-state index in [0.717, 1.165) is 52.0 Å². The van der Waals surface area contributed by atoms with Gasteiger partial charge in [-0.05, 0) is 43.9 Å². The molecule has 5 heteroatoms. The Bertz CT molecular complexity index is 668. The van der Waals surface area contributed by atoms with Gasteiger partial charge in [0.1, 0.15) is 0 Å². The number of aryl methyl sites for hydroxylation is 2. The van der Waals surface area contributed by atoms with Crippen molar-refractivity contribution in [3.8, 4) is 0 Å². The molecule has 1 atom stereocenters. The predicted octanol–water partition coefficient (Wildman–Crippen LogP) is 2.61. The largest absolute Gasteiger partial charge is 0.356 e. The van der Waals surface area contributed by atoms with E-state index in [1.165, 1.54) is 11.1 Å². The summed E-state index contributed by atoms with van der Waals surface area (Å²) in [5.41, 5.74) is 2.69. The number of nitrogens with zero attached hydrogens (tertiary/aromatic N) is 3. The fraction of sp³-hybridized carbons (Fsp3) is 0.500. The minimum absolute atomic E-state index is 0.117. The van der Waals surface area contributed by atoms with Crippen LogP contribution in [0.2, 0.25) is 0 Å². The first kappa shape index (κ1) is 17.7. The third-order valence-electron chi connectivity index (χ3n) is 4.98. The van der Waals surface area contributed by atoms with Crippen molar-refractivity contribution in [3.63, 3.8) is 0 Å². The molecule has 1 N–H and O–H groups in total. The molecule has 5 nitrogen and oxygen atoms in total. The van der Waals surface area contributed by atoms with Crippen LogP contribution in [-0.4, -0.2) is 40.0 Å². The summed E-state index contributed by atoms with van der Waals surface area (Å²) in [4.78, 5) is 18.9. The molecule has 0 saturated carbocycles.